The number of halogens is 2. The van der Waals surface area contributed by atoms with Crippen molar-refractivity contribution in [1.82, 2.24) is 9.55 Å². The summed E-state index contributed by atoms with van der Waals surface area (Å²) in [4.78, 5) is 4.38. The van der Waals surface area contributed by atoms with Gasteiger partial charge in [0.2, 0.25) is 5.95 Å². The Kier molecular flexibility index (Phi) is 3.67. The highest BCUT2D eigenvalue weighted by Gasteiger charge is 2.19. The number of anilines is 2. The Morgan fingerprint density at radius 2 is 1.79 bits per heavy atom. The van der Waals surface area contributed by atoms with Crippen molar-refractivity contribution in [3.8, 4) is 0 Å². The van der Waals surface area contributed by atoms with Gasteiger partial charge in [-0.25, -0.2) is 4.98 Å². The largest absolute Gasteiger partial charge is 0.326 e. The fourth-order valence-corrected chi connectivity index (χ4v) is 3.17. The average molecular weight is 296 g/mol. The maximum absolute atomic E-state index is 6.01. The molecule has 1 aromatic heterocycles. The molecule has 3 rings (SSSR count). The quantitative estimate of drug-likeness (QED) is 0.859. The second-order valence-corrected chi connectivity index (χ2v) is 5.75. The topological polar surface area (TPSA) is 29.9 Å². The number of nitrogens with one attached hydrogen (secondary N) is 1. The third-order valence-electron chi connectivity index (χ3n) is 3.51. The van der Waals surface area contributed by atoms with Gasteiger partial charge in [-0.15, -0.1) is 0 Å². The fraction of sp³-hybridized carbons (Fsp3) is 0.357. The molecular weight excluding hydrogens is 281 g/mol. The van der Waals surface area contributed by atoms with Crippen molar-refractivity contribution in [1.29, 1.82) is 0 Å². The molecular formula is C14H15Cl2N3. The van der Waals surface area contributed by atoms with Crippen LogP contribution in [0.15, 0.2) is 30.6 Å². The minimum absolute atomic E-state index is 0.555. The first kappa shape index (κ1) is 12.8. The predicted molar refractivity (Wildman–Crippen MR) is 79.5 cm³/mol. The number of hydrogen-bond donors (Lipinski definition) is 1. The number of aromatic nitrogens is 2. The van der Waals surface area contributed by atoms with Crippen LogP contribution in [-0.4, -0.2) is 9.55 Å². The van der Waals surface area contributed by atoms with Gasteiger partial charge in [0, 0.05) is 34.2 Å². The molecule has 0 spiro atoms. The molecule has 1 heterocycles. The highest BCUT2D eigenvalue weighted by Crippen LogP contribution is 2.32. The molecule has 19 heavy (non-hydrogen) atoms. The second kappa shape index (κ2) is 5.43. The van der Waals surface area contributed by atoms with Gasteiger partial charge in [0.05, 0.1) is 0 Å². The van der Waals surface area contributed by atoms with Crippen molar-refractivity contribution < 1.29 is 0 Å². The summed E-state index contributed by atoms with van der Waals surface area (Å²) in [5, 5.41) is 4.53. The predicted octanol–water partition coefficient (Wildman–Crippen LogP) is 5.05. The minimum atomic E-state index is 0.555. The molecule has 0 bridgehead atoms. The molecule has 1 saturated carbocycles. The summed E-state index contributed by atoms with van der Waals surface area (Å²) in [5.74, 6) is 0.852. The van der Waals surface area contributed by atoms with Crippen molar-refractivity contribution in [2.45, 2.75) is 31.7 Å². The fourth-order valence-electron chi connectivity index (χ4n) is 2.64. The monoisotopic (exact) mass is 295 g/mol. The van der Waals surface area contributed by atoms with E-state index in [0.717, 1.165) is 11.6 Å². The van der Waals surface area contributed by atoms with Crippen LogP contribution in [0.2, 0.25) is 10.0 Å². The maximum Gasteiger partial charge on any atom is 0.207 e. The molecule has 0 atom stereocenters. The van der Waals surface area contributed by atoms with Crippen LogP contribution in [0.1, 0.15) is 31.7 Å². The lowest BCUT2D eigenvalue weighted by atomic mass is 10.2. The van der Waals surface area contributed by atoms with Crippen molar-refractivity contribution in [3.05, 3.63) is 40.6 Å². The van der Waals surface area contributed by atoms with E-state index in [1.807, 2.05) is 24.5 Å². The van der Waals surface area contributed by atoms with Gasteiger partial charge in [-0.3, -0.25) is 0 Å². The molecule has 3 nitrogen and oxygen atoms in total. The molecule has 1 aliphatic rings. The van der Waals surface area contributed by atoms with Gasteiger partial charge >= 0.3 is 0 Å². The van der Waals surface area contributed by atoms with E-state index in [-0.39, 0.29) is 0 Å². The third kappa shape index (κ3) is 2.88. The van der Waals surface area contributed by atoms with Crippen molar-refractivity contribution in [2.24, 2.45) is 0 Å². The number of imidazole rings is 1. The van der Waals surface area contributed by atoms with E-state index in [1.165, 1.54) is 25.7 Å². The van der Waals surface area contributed by atoms with Crippen molar-refractivity contribution in [3.63, 3.8) is 0 Å². The van der Waals surface area contributed by atoms with Gasteiger partial charge in [0.1, 0.15) is 0 Å². The van der Waals surface area contributed by atoms with E-state index in [9.17, 15) is 0 Å². The van der Waals surface area contributed by atoms with Crippen LogP contribution < -0.4 is 5.32 Å². The van der Waals surface area contributed by atoms with E-state index in [1.54, 1.807) is 6.07 Å². The second-order valence-electron chi connectivity index (χ2n) is 4.88. The van der Waals surface area contributed by atoms with E-state index >= 15 is 0 Å². The zero-order chi connectivity index (χ0) is 13.2. The normalized spacial score (nSPS) is 15.9. The van der Waals surface area contributed by atoms with Crippen LogP contribution in [0.4, 0.5) is 11.6 Å². The SMILES string of the molecule is Clc1cc(Cl)cc(Nc2nccn2C2CCCC2)c1. The van der Waals surface area contributed by atoms with Crippen LogP contribution in [0, 0.1) is 0 Å². The Morgan fingerprint density at radius 3 is 2.47 bits per heavy atom. The molecule has 1 aliphatic carbocycles. The van der Waals surface area contributed by atoms with Crippen LogP contribution in [0.5, 0.6) is 0 Å². The third-order valence-corrected chi connectivity index (χ3v) is 3.94. The smallest absolute Gasteiger partial charge is 0.207 e. The number of benzene rings is 1. The number of rotatable bonds is 3. The van der Waals surface area contributed by atoms with Gasteiger partial charge in [-0.2, -0.15) is 0 Å². The molecule has 0 radical (unpaired) electrons. The Labute approximate surface area is 122 Å². The summed E-state index contributed by atoms with van der Waals surface area (Å²) in [6.45, 7) is 0. The van der Waals surface area contributed by atoms with Gasteiger partial charge in [0.15, 0.2) is 0 Å². The Hall–Kier alpha value is -1.19. The van der Waals surface area contributed by atoms with Gasteiger partial charge in [0.25, 0.3) is 0 Å². The molecule has 1 aromatic carbocycles. The molecule has 0 saturated heterocycles. The Balaban J connectivity index is 1.85. The minimum Gasteiger partial charge on any atom is -0.326 e. The molecule has 2 aromatic rings. The number of hydrogen-bond acceptors (Lipinski definition) is 2. The first-order chi connectivity index (χ1) is 9.22. The maximum atomic E-state index is 6.01. The van der Waals surface area contributed by atoms with Crippen molar-refractivity contribution in [2.75, 3.05) is 5.32 Å². The van der Waals surface area contributed by atoms with Gasteiger partial charge < -0.3 is 9.88 Å². The summed E-state index contributed by atoms with van der Waals surface area (Å²) in [6, 6.07) is 5.97. The molecule has 5 heteroatoms. The Bertz CT molecular complexity index is 554. The summed E-state index contributed by atoms with van der Waals surface area (Å²) in [5.41, 5.74) is 0.864. The van der Waals surface area contributed by atoms with Gasteiger partial charge in [-0.1, -0.05) is 36.0 Å². The Morgan fingerprint density at radius 1 is 1.11 bits per heavy atom. The van der Waals surface area contributed by atoms with E-state index in [0.29, 0.717) is 16.1 Å². The molecule has 0 amide bonds. The summed E-state index contributed by atoms with van der Waals surface area (Å²) < 4.78 is 2.21. The highest BCUT2D eigenvalue weighted by molar-refractivity contribution is 6.35. The van der Waals surface area contributed by atoms with E-state index in [2.05, 4.69) is 14.9 Å². The lowest BCUT2D eigenvalue weighted by Crippen LogP contribution is -2.07. The molecule has 100 valence electrons. The average Bonchev–Trinajstić information content (AvgIpc) is 2.96. The summed E-state index contributed by atoms with van der Waals surface area (Å²) >= 11 is 12.0. The zero-order valence-corrected chi connectivity index (χ0v) is 12.0. The molecule has 0 unspecified atom stereocenters. The molecule has 1 N–H and O–H groups in total. The molecule has 1 fully saturated rings. The summed E-state index contributed by atoms with van der Waals surface area (Å²) in [7, 11) is 0. The first-order valence-electron chi connectivity index (χ1n) is 6.48. The lowest BCUT2D eigenvalue weighted by Gasteiger charge is -2.15. The number of nitrogens with zero attached hydrogens (tertiary/aromatic N) is 2. The van der Waals surface area contributed by atoms with Crippen LogP contribution >= 0.6 is 23.2 Å². The van der Waals surface area contributed by atoms with Crippen molar-refractivity contribution >= 4 is 34.8 Å². The highest BCUT2D eigenvalue weighted by atomic mass is 35.5. The van der Waals surface area contributed by atoms with E-state index in [4.69, 9.17) is 23.2 Å². The van der Waals surface area contributed by atoms with Crippen LogP contribution in [0.25, 0.3) is 0 Å². The lowest BCUT2D eigenvalue weighted by molar-refractivity contribution is 0.525. The molecule has 0 aliphatic heterocycles. The standard InChI is InChI=1S/C14H15Cl2N3/c15-10-7-11(16)9-12(8-10)18-14-17-5-6-19(14)13-3-1-2-4-13/h5-9,13H,1-4H2,(H,17,18). The summed E-state index contributed by atoms with van der Waals surface area (Å²) in [6.07, 6.45) is 8.90. The van der Waals surface area contributed by atoms with Gasteiger partial charge in [-0.05, 0) is 31.0 Å². The van der Waals surface area contributed by atoms with E-state index < -0.39 is 0 Å². The zero-order valence-electron chi connectivity index (χ0n) is 10.4. The van der Waals surface area contributed by atoms with Crippen LogP contribution in [-0.2, 0) is 0 Å². The van der Waals surface area contributed by atoms with Crippen LogP contribution in [0.3, 0.4) is 0 Å². The first-order valence-corrected chi connectivity index (χ1v) is 7.24.